The van der Waals surface area contributed by atoms with E-state index in [-0.39, 0.29) is 70.2 Å². The van der Waals surface area contributed by atoms with Gasteiger partial charge in [-0.3, -0.25) is 14.1 Å². The Morgan fingerprint density at radius 1 is 1.05 bits per heavy atom. The molecule has 0 spiro atoms. The molecule has 216 valence electrons. The lowest BCUT2D eigenvalue weighted by molar-refractivity contribution is 0.254. The minimum atomic E-state index is -3.51. The first-order valence-electron chi connectivity index (χ1n) is 12.9. The Kier molecular flexibility index (Phi) is 7.70. The molecule has 1 fully saturated rings. The summed E-state index contributed by atoms with van der Waals surface area (Å²) in [5, 5.41) is 6.08. The van der Waals surface area contributed by atoms with Gasteiger partial charge in [0.15, 0.2) is 5.65 Å². The minimum Gasteiger partial charge on any atom is -0.350 e. The fourth-order valence-corrected chi connectivity index (χ4v) is 5.39. The number of sulfonamides is 1. The Labute approximate surface area is 234 Å². The van der Waals surface area contributed by atoms with Crippen LogP contribution in [0.3, 0.4) is 0 Å². The number of rotatable bonds is 7. The molecule has 2 atom stereocenters. The SMILES string of the molecule is CC(C)n1c(=O)c(-c2cc(F)c(-c3ccc(NS(C)(=O)=O)cc3)c(F)c2)nc2cnc(N[C@@H]3CNC[C@@H](F)C3)nc21. The van der Waals surface area contributed by atoms with Gasteiger partial charge in [0.1, 0.15) is 29.0 Å². The molecule has 2 aromatic carbocycles. The van der Waals surface area contributed by atoms with Gasteiger partial charge in [0.2, 0.25) is 16.0 Å². The summed E-state index contributed by atoms with van der Waals surface area (Å²) < 4.78 is 70.9. The van der Waals surface area contributed by atoms with Crippen LogP contribution in [0, 0.1) is 11.6 Å². The van der Waals surface area contributed by atoms with Crippen molar-refractivity contribution in [1.82, 2.24) is 24.8 Å². The van der Waals surface area contributed by atoms with Crippen molar-refractivity contribution in [2.75, 3.05) is 29.4 Å². The highest BCUT2D eigenvalue weighted by Crippen LogP contribution is 2.31. The van der Waals surface area contributed by atoms with Crippen molar-refractivity contribution < 1.29 is 21.6 Å². The van der Waals surface area contributed by atoms with Crippen molar-refractivity contribution in [3.05, 3.63) is 64.6 Å². The highest BCUT2D eigenvalue weighted by atomic mass is 32.2. The predicted octanol–water partition coefficient (Wildman–Crippen LogP) is 3.86. The van der Waals surface area contributed by atoms with Gasteiger partial charge in [0, 0.05) is 42.8 Å². The molecule has 5 rings (SSSR count). The molecule has 0 bridgehead atoms. The van der Waals surface area contributed by atoms with Gasteiger partial charge in [-0.05, 0) is 43.7 Å². The van der Waals surface area contributed by atoms with Crippen LogP contribution < -0.4 is 20.9 Å². The number of aromatic nitrogens is 4. The summed E-state index contributed by atoms with van der Waals surface area (Å²) in [5.41, 5.74) is -0.285. The molecule has 0 radical (unpaired) electrons. The Balaban J connectivity index is 1.52. The normalized spacial score (nSPS) is 17.6. The summed E-state index contributed by atoms with van der Waals surface area (Å²) in [6, 6.07) is 6.98. The van der Waals surface area contributed by atoms with Crippen LogP contribution >= 0.6 is 0 Å². The monoisotopic (exact) mass is 587 g/mol. The second kappa shape index (κ2) is 11.1. The fourth-order valence-electron chi connectivity index (χ4n) is 4.82. The van der Waals surface area contributed by atoms with E-state index in [2.05, 4.69) is 30.3 Å². The molecule has 0 amide bonds. The first kappa shape index (κ1) is 28.5. The molecule has 2 aromatic heterocycles. The van der Waals surface area contributed by atoms with Crippen LogP contribution in [0.1, 0.15) is 26.3 Å². The van der Waals surface area contributed by atoms with Gasteiger partial charge in [-0.25, -0.2) is 31.6 Å². The molecule has 4 aromatic rings. The van der Waals surface area contributed by atoms with Crippen molar-refractivity contribution in [2.45, 2.75) is 38.5 Å². The maximum atomic E-state index is 15.3. The summed E-state index contributed by atoms with van der Waals surface area (Å²) in [5.74, 6) is -1.64. The molecule has 0 unspecified atom stereocenters. The zero-order chi connectivity index (χ0) is 29.5. The number of piperidine rings is 1. The minimum absolute atomic E-state index is 0.0649. The number of fused-ring (bicyclic) bond motifs is 1. The second-order valence-electron chi connectivity index (χ2n) is 10.2. The standard InChI is InChI=1S/C27H28F3N7O3S/c1-14(2)37-25-22(13-32-27(35-25)33-19-10-17(28)11-31-12-19)34-24(26(37)38)16-8-20(29)23(21(30)9-16)15-4-6-18(7-5-15)36-41(3,39)40/h4-9,13-14,17,19,31,36H,10-12H2,1-3H3,(H,32,33,35)/t17-,19-/m0/s1. The molecule has 41 heavy (non-hydrogen) atoms. The molecular formula is C27H28F3N7O3S. The number of alkyl halides is 1. The summed E-state index contributed by atoms with van der Waals surface area (Å²) >= 11 is 0. The van der Waals surface area contributed by atoms with Gasteiger partial charge in [0.25, 0.3) is 5.56 Å². The van der Waals surface area contributed by atoms with Crippen LogP contribution in [-0.2, 0) is 10.0 Å². The van der Waals surface area contributed by atoms with Crippen LogP contribution in [-0.4, -0.2) is 59.5 Å². The van der Waals surface area contributed by atoms with E-state index in [1.165, 1.54) is 35.0 Å². The number of anilines is 2. The highest BCUT2D eigenvalue weighted by Gasteiger charge is 2.23. The third kappa shape index (κ3) is 6.17. The Bertz CT molecular complexity index is 1760. The van der Waals surface area contributed by atoms with Gasteiger partial charge in [-0.15, -0.1) is 0 Å². The van der Waals surface area contributed by atoms with E-state index >= 15 is 8.78 Å². The average molecular weight is 588 g/mol. The molecule has 10 nitrogen and oxygen atoms in total. The van der Waals surface area contributed by atoms with Crippen LogP contribution in [0.15, 0.2) is 47.4 Å². The molecule has 1 aliphatic rings. The number of nitrogens with one attached hydrogen (secondary N) is 3. The third-order valence-corrected chi connectivity index (χ3v) is 7.18. The average Bonchev–Trinajstić information content (AvgIpc) is 2.88. The van der Waals surface area contributed by atoms with E-state index in [1.54, 1.807) is 13.8 Å². The van der Waals surface area contributed by atoms with Crippen LogP contribution in [0.2, 0.25) is 0 Å². The maximum absolute atomic E-state index is 15.3. The Morgan fingerprint density at radius 3 is 2.34 bits per heavy atom. The van der Waals surface area contributed by atoms with Crippen molar-refractivity contribution in [2.24, 2.45) is 0 Å². The number of halogens is 3. The van der Waals surface area contributed by atoms with Crippen LogP contribution in [0.25, 0.3) is 33.5 Å². The lowest BCUT2D eigenvalue weighted by atomic mass is 10.0. The zero-order valence-electron chi connectivity index (χ0n) is 22.5. The predicted molar refractivity (Wildman–Crippen MR) is 151 cm³/mol. The summed E-state index contributed by atoms with van der Waals surface area (Å²) in [6.07, 6.45) is 1.69. The first-order valence-corrected chi connectivity index (χ1v) is 14.8. The van der Waals surface area contributed by atoms with Gasteiger partial charge >= 0.3 is 0 Å². The number of hydrogen-bond donors (Lipinski definition) is 3. The van der Waals surface area contributed by atoms with Gasteiger partial charge in [-0.1, -0.05) is 12.1 Å². The summed E-state index contributed by atoms with van der Waals surface area (Å²) in [4.78, 5) is 26.7. The quantitative estimate of drug-likeness (QED) is 0.297. The van der Waals surface area contributed by atoms with Crippen LogP contribution in [0.4, 0.5) is 24.8 Å². The molecule has 0 saturated carbocycles. The third-order valence-electron chi connectivity index (χ3n) is 6.57. The Hall–Kier alpha value is -4.04. The summed E-state index contributed by atoms with van der Waals surface area (Å²) in [7, 11) is -3.51. The number of hydrogen-bond acceptors (Lipinski definition) is 8. The number of benzene rings is 2. The second-order valence-corrected chi connectivity index (χ2v) is 12.0. The molecule has 1 saturated heterocycles. The van der Waals surface area contributed by atoms with E-state index < -0.39 is 33.4 Å². The largest absolute Gasteiger partial charge is 0.350 e. The van der Waals surface area contributed by atoms with Crippen LogP contribution in [0.5, 0.6) is 0 Å². The van der Waals surface area contributed by atoms with Crippen molar-refractivity contribution in [1.29, 1.82) is 0 Å². The molecule has 3 N–H and O–H groups in total. The highest BCUT2D eigenvalue weighted by molar-refractivity contribution is 7.92. The maximum Gasteiger partial charge on any atom is 0.278 e. The number of nitrogens with zero attached hydrogens (tertiary/aromatic N) is 4. The lowest BCUT2D eigenvalue weighted by Crippen LogP contribution is -2.44. The van der Waals surface area contributed by atoms with Gasteiger partial charge in [-0.2, -0.15) is 4.98 Å². The van der Waals surface area contributed by atoms with E-state index in [4.69, 9.17) is 0 Å². The fraction of sp³-hybridized carbons (Fsp3) is 0.333. The van der Waals surface area contributed by atoms with E-state index in [0.717, 1.165) is 18.4 Å². The molecular weight excluding hydrogens is 559 g/mol. The van der Waals surface area contributed by atoms with Crippen molar-refractivity contribution in [3.8, 4) is 22.4 Å². The van der Waals surface area contributed by atoms with E-state index in [9.17, 15) is 17.6 Å². The van der Waals surface area contributed by atoms with E-state index in [1.807, 2.05) is 0 Å². The topological polar surface area (TPSA) is 131 Å². The first-order chi connectivity index (χ1) is 19.4. The van der Waals surface area contributed by atoms with E-state index in [0.29, 0.717) is 6.54 Å². The smallest absolute Gasteiger partial charge is 0.278 e. The molecule has 14 heteroatoms. The summed E-state index contributed by atoms with van der Waals surface area (Å²) in [6.45, 7) is 4.36. The zero-order valence-corrected chi connectivity index (χ0v) is 23.3. The van der Waals surface area contributed by atoms with Gasteiger partial charge in [0.05, 0.1) is 18.0 Å². The Morgan fingerprint density at radius 2 is 1.73 bits per heavy atom. The van der Waals surface area contributed by atoms with Gasteiger partial charge < -0.3 is 10.6 Å². The molecule has 3 heterocycles. The lowest BCUT2D eigenvalue weighted by Gasteiger charge is -2.26. The van der Waals surface area contributed by atoms with Crippen molar-refractivity contribution in [3.63, 3.8) is 0 Å². The van der Waals surface area contributed by atoms with Crippen molar-refractivity contribution >= 4 is 32.8 Å². The molecule has 0 aliphatic carbocycles. The molecule has 1 aliphatic heterocycles.